The number of hydrogen-bond acceptors (Lipinski definition) is 4. The second-order valence-corrected chi connectivity index (χ2v) is 10.0. The van der Waals surface area contributed by atoms with Gasteiger partial charge < -0.3 is 20.1 Å². The lowest BCUT2D eigenvalue weighted by Crippen LogP contribution is -2.34. The maximum absolute atomic E-state index is 13.4. The van der Waals surface area contributed by atoms with Gasteiger partial charge in [0.25, 0.3) is 0 Å². The monoisotopic (exact) mass is 571 g/mol. The first-order chi connectivity index (χ1) is 20.9. The number of anilines is 1. The zero-order valence-corrected chi connectivity index (χ0v) is 24.0. The van der Waals surface area contributed by atoms with Crippen LogP contribution in [0.5, 0.6) is 5.75 Å². The standard InChI is InChI=1S/C36H33N3O4/c1-2-3-4-27-5-7-28(8-6-27)9-10-29-11-13-31(14-12-29)24-39(36(42)38-33-19-15-30(23-37)16-20-33)25-32-17-21-34(22-18-32)43-26-35(40)41/h5-8,11-22H,2-4,24-26H2,1H3,(H,38,42)(H,40,41). The molecule has 2 N–H and O–H groups in total. The summed E-state index contributed by atoms with van der Waals surface area (Å²) in [6.45, 7) is 2.41. The molecule has 0 fully saturated rings. The first kappa shape index (κ1) is 30.4. The summed E-state index contributed by atoms with van der Waals surface area (Å²) in [6.07, 6.45) is 3.44. The van der Waals surface area contributed by atoms with E-state index < -0.39 is 12.6 Å². The number of amides is 2. The Morgan fingerprint density at radius 1 is 0.767 bits per heavy atom. The van der Waals surface area contributed by atoms with Crippen LogP contribution in [-0.2, 0) is 24.3 Å². The van der Waals surface area contributed by atoms with Crippen molar-refractivity contribution in [3.05, 3.63) is 130 Å². The molecule has 0 aliphatic carbocycles. The number of unbranched alkanes of at least 4 members (excludes halogenated alkanes) is 1. The fraction of sp³-hybridized carbons (Fsp3) is 0.194. The molecule has 0 atom stereocenters. The number of nitriles is 1. The number of urea groups is 1. The molecule has 4 rings (SSSR count). The highest BCUT2D eigenvalue weighted by atomic mass is 16.5. The molecular weight excluding hydrogens is 538 g/mol. The number of ether oxygens (including phenoxy) is 1. The molecule has 7 nitrogen and oxygen atoms in total. The summed E-state index contributed by atoms with van der Waals surface area (Å²) in [5.74, 6) is 5.82. The molecule has 2 amide bonds. The minimum absolute atomic E-state index is 0.303. The molecule has 0 saturated carbocycles. The average Bonchev–Trinajstić information content (AvgIpc) is 3.03. The molecule has 216 valence electrons. The van der Waals surface area contributed by atoms with Crippen LogP contribution in [0.1, 0.15) is 53.1 Å². The quantitative estimate of drug-likeness (QED) is 0.189. The van der Waals surface area contributed by atoms with Gasteiger partial charge in [-0.15, -0.1) is 0 Å². The van der Waals surface area contributed by atoms with E-state index >= 15 is 0 Å². The Bertz CT molecular complexity index is 1610. The van der Waals surface area contributed by atoms with Gasteiger partial charge in [0.2, 0.25) is 0 Å². The van der Waals surface area contributed by atoms with Crippen molar-refractivity contribution in [2.45, 2.75) is 39.3 Å². The van der Waals surface area contributed by atoms with Crippen LogP contribution >= 0.6 is 0 Å². The fourth-order valence-corrected chi connectivity index (χ4v) is 4.28. The van der Waals surface area contributed by atoms with Gasteiger partial charge in [0, 0.05) is 29.9 Å². The Morgan fingerprint density at radius 3 is 1.79 bits per heavy atom. The molecule has 0 aliphatic heterocycles. The molecule has 4 aromatic rings. The Balaban J connectivity index is 1.46. The van der Waals surface area contributed by atoms with Gasteiger partial charge >= 0.3 is 12.0 Å². The molecule has 43 heavy (non-hydrogen) atoms. The number of aryl methyl sites for hydroxylation is 1. The number of carbonyl (C=O) groups is 2. The van der Waals surface area contributed by atoms with Crippen LogP contribution in [0, 0.1) is 23.2 Å². The van der Waals surface area contributed by atoms with Gasteiger partial charge in [0.1, 0.15) is 5.75 Å². The zero-order chi connectivity index (χ0) is 30.4. The van der Waals surface area contributed by atoms with Crippen molar-refractivity contribution in [3.63, 3.8) is 0 Å². The third kappa shape index (κ3) is 9.81. The minimum atomic E-state index is -1.05. The first-order valence-electron chi connectivity index (χ1n) is 14.1. The summed E-state index contributed by atoms with van der Waals surface area (Å²) >= 11 is 0. The number of carboxylic acids is 1. The van der Waals surface area contributed by atoms with Crippen molar-refractivity contribution in [2.24, 2.45) is 0 Å². The number of rotatable bonds is 11. The molecular formula is C36H33N3O4. The lowest BCUT2D eigenvalue weighted by molar-refractivity contribution is -0.139. The van der Waals surface area contributed by atoms with E-state index in [1.165, 1.54) is 18.4 Å². The van der Waals surface area contributed by atoms with Gasteiger partial charge in [-0.25, -0.2) is 9.59 Å². The highest BCUT2D eigenvalue weighted by Crippen LogP contribution is 2.18. The van der Waals surface area contributed by atoms with Crippen LogP contribution in [0.2, 0.25) is 0 Å². The van der Waals surface area contributed by atoms with Crippen LogP contribution in [0.25, 0.3) is 0 Å². The first-order valence-corrected chi connectivity index (χ1v) is 14.1. The van der Waals surface area contributed by atoms with E-state index in [-0.39, 0.29) is 6.03 Å². The Morgan fingerprint density at radius 2 is 1.28 bits per heavy atom. The SMILES string of the molecule is CCCCc1ccc(C#Cc2ccc(CN(Cc3ccc(OCC(=O)O)cc3)C(=O)Nc3ccc(C#N)cc3)cc2)cc1. The summed E-state index contributed by atoms with van der Waals surface area (Å²) in [5.41, 5.74) is 6.04. The van der Waals surface area contributed by atoms with Gasteiger partial charge in [-0.2, -0.15) is 5.26 Å². The highest BCUT2D eigenvalue weighted by Gasteiger charge is 2.16. The van der Waals surface area contributed by atoms with Crippen LogP contribution in [0.3, 0.4) is 0 Å². The van der Waals surface area contributed by atoms with Crippen LogP contribution in [-0.4, -0.2) is 28.6 Å². The number of aliphatic carboxylic acids is 1. The molecule has 0 radical (unpaired) electrons. The molecule has 0 heterocycles. The van der Waals surface area contributed by atoms with Crippen molar-refractivity contribution in [3.8, 4) is 23.7 Å². The van der Waals surface area contributed by atoms with Crippen molar-refractivity contribution < 1.29 is 19.4 Å². The molecule has 0 unspecified atom stereocenters. The Kier molecular flexibility index (Phi) is 10.9. The maximum atomic E-state index is 13.4. The van der Waals surface area contributed by atoms with Crippen molar-refractivity contribution in [2.75, 3.05) is 11.9 Å². The normalized spacial score (nSPS) is 10.1. The molecule has 0 spiro atoms. The number of carbonyl (C=O) groups excluding carboxylic acids is 1. The van der Waals surface area contributed by atoms with E-state index in [1.807, 2.05) is 24.3 Å². The number of benzene rings is 4. The van der Waals surface area contributed by atoms with E-state index in [0.717, 1.165) is 28.7 Å². The predicted octanol–water partition coefficient (Wildman–Crippen LogP) is 7.00. The van der Waals surface area contributed by atoms with Gasteiger partial charge in [-0.05, 0) is 90.2 Å². The van der Waals surface area contributed by atoms with Crippen LogP contribution in [0.15, 0.2) is 97.1 Å². The molecule has 7 heteroatoms. The van der Waals surface area contributed by atoms with E-state index in [0.29, 0.717) is 30.1 Å². The second-order valence-electron chi connectivity index (χ2n) is 10.0. The van der Waals surface area contributed by atoms with Gasteiger partial charge in [0.15, 0.2) is 6.61 Å². The average molecular weight is 572 g/mol. The zero-order valence-electron chi connectivity index (χ0n) is 24.0. The Hall–Kier alpha value is -5.53. The van der Waals surface area contributed by atoms with E-state index in [1.54, 1.807) is 53.4 Å². The third-order valence-electron chi connectivity index (χ3n) is 6.66. The number of carboxylic acid groups (broad SMARTS) is 1. The van der Waals surface area contributed by atoms with E-state index in [4.69, 9.17) is 15.1 Å². The largest absolute Gasteiger partial charge is 0.482 e. The fourth-order valence-electron chi connectivity index (χ4n) is 4.28. The Labute approximate surface area is 252 Å². The molecule has 4 aromatic carbocycles. The smallest absolute Gasteiger partial charge is 0.341 e. The second kappa shape index (κ2) is 15.5. The lowest BCUT2D eigenvalue weighted by atomic mass is 10.1. The topological polar surface area (TPSA) is 103 Å². The summed E-state index contributed by atoms with van der Waals surface area (Å²) < 4.78 is 5.22. The molecule has 0 saturated heterocycles. The van der Waals surface area contributed by atoms with E-state index in [2.05, 4.69) is 54.4 Å². The third-order valence-corrected chi connectivity index (χ3v) is 6.66. The van der Waals surface area contributed by atoms with Crippen LogP contribution in [0.4, 0.5) is 10.5 Å². The molecule has 0 aliphatic rings. The predicted molar refractivity (Wildman–Crippen MR) is 166 cm³/mol. The summed E-state index contributed by atoms with van der Waals surface area (Å²) in [6, 6.07) is 31.6. The summed E-state index contributed by atoms with van der Waals surface area (Å²) in [5, 5.41) is 20.8. The summed E-state index contributed by atoms with van der Waals surface area (Å²) in [7, 11) is 0. The van der Waals surface area contributed by atoms with Crippen molar-refractivity contribution in [1.82, 2.24) is 4.90 Å². The van der Waals surface area contributed by atoms with Crippen LogP contribution < -0.4 is 10.1 Å². The highest BCUT2D eigenvalue weighted by molar-refractivity contribution is 5.89. The molecule has 0 bridgehead atoms. The van der Waals surface area contributed by atoms with Gasteiger partial charge in [-0.3, -0.25) is 0 Å². The minimum Gasteiger partial charge on any atom is -0.482 e. The number of hydrogen-bond donors (Lipinski definition) is 2. The van der Waals surface area contributed by atoms with Gasteiger partial charge in [0.05, 0.1) is 11.6 Å². The lowest BCUT2D eigenvalue weighted by Gasteiger charge is -2.24. The van der Waals surface area contributed by atoms with E-state index in [9.17, 15) is 9.59 Å². The maximum Gasteiger partial charge on any atom is 0.341 e. The van der Waals surface area contributed by atoms with Gasteiger partial charge in [-0.1, -0.05) is 61.6 Å². The number of nitrogens with zero attached hydrogens (tertiary/aromatic N) is 2. The number of nitrogens with one attached hydrogen (secondary N) is 1. The summed E-state index contributed by atoms with van der Waals surface area (Å²) in [4.78, 5) is 25.8. The van der Waals surface area contributed by atoms with Crippen molar-refractivity contribution >= 4 is 17.7 Å². The molecule has 0 aromatic heterocycles. The van der Waals surface area contributed by atoms with Crippen molar-refractivity contribution in [1.29, 1.82) is 5.26 Å².